The Bertz CT molecular complexity index is 667. The molecule has 6 nitrogen and oxygen atoms in total. The second-order valence-corrected chi connectivity index (χ2v) is 5.71. The average Bonchev–Trinajstić information content (AvgIpc) is 2.94. The highest BCUT2D eigenvalue weighted by Crippen LogP contribution is 2.32. The van der Waals surface area contributed by atoms with E-state index < -0.39 is 5.97 Å². The van der Waals surface area contributed by atoms with Gasteiger partial charge in [-0.05, 0) is 24.9 Å². The van der Waals surface area contributed by atoms with Crippen LogP contribution in [0, 0.1) is 5.92 Å². The number of fused-ring (bicyclic) bond motifs is 1. The summed E-state index contributed by atoms with van der Waals surface area (Å²) in [6.07, 6.45) is 4.33. The number of hydrogen-bond donors (Lipinski definition) is 3. The lowest BCUT2D eigenvalue weighted by Crippen LogP contribution is -2.49. The van der Waals surface area contributed by atoms with E-state index in [2.05, 4.69) is 27.1 Å². The molecule has 112 valence electrons. The summed E-state index contributed by atoms with van der Waals surface area (Å²) in [7, 11) is 1.97. The van der Waals surface area contributed by atoms with E-state index in [1.807, 2.05) is 13.1 Å². The standard InChI is InChI=1S/C15H20N4O2/c1-9-3-5-16-8-12(9)19(2)13-10-4-6-17-14(10)18-7-11(13)15(20)21/h4,6-7,9,12,16H,3,5,8H2,1-2H3,(H,17,18)(H,20,21)/t9-,12+/m1/s1. The number of aromatic carboxylic acids is 1. The topological polar surface area (TPSA) is 81.2 Å². The number of carboxylic acids is 1. The van der Waals surface area contributed by atoms with Crippen molar-refractivity contribution in [3.63, 3.8) is 0 Å². The zero-order chi connectivity index (χ0) is 15.0. The van der Waals surface area contributed by atoms with Gasteiger partial charge in [-0.15, -0.1) is 0 Å². The minimum absolute atomic E-state index is 0.252. The highest BCUT2D eigenvalue weighted by Gasteiger charge is 2.29. The molecule has 1 saturated heterocycles. The van der Waals surface area contributed by atoms with Gasteiger partial charge in [-0.25, -0.2) is 9.78 Å². The van der Waals surface area contributed by atoms with E-state index >= 15 is 0 Å². The van der Waals surface area contributed by atoms with Crippen LogP contribution in [0.25, 0.3) is 11.0 Å². The molecule has 2 atom stereocenters. The Morgan fingerprint density at radius 1 is 1.52 bits per heavy atom. The number of nitrogens with one attached hydrogen (secondary N) is 2. The van der Waals surface area contributed by atoms with Crippen molar-refractivity contribution in [1.82, 2.24) is 15.3 Å². The Balaban J connectivity index is 2.10. The lowest BCUT2D eigenvalue weighted by atomic mass is 9.93. The van der Waals surface area contributed by atoms with Crippen LogP contribution < -0.4 is 10.2 Å². The molecule has 1 fully saturated rings. The average molecular weight is 288 g/mol. The number of aromatic amines is 1. The Kier molecular flexibility index (Phi) is 3.55. The van der Waals surface area contributed by atoms with E-state index in [4.69, 9.17) is 0 Å². The first-order valence-corrected chi connectivity index (χ1v) is 7.22. The molecule has 0 amide bonds. The summed E-state index contributed by atoms with van der Waals surface area (Å²) in [6.45, 7) is 4.11. The summed E-state index contributed by atoms with van der Waals surface area (Å²) in [5, 5.41) is 13.7. The molecule has 2 aromatic heterocycles. The molecule has 0 unspecified atom stereocenters. The summed E-state index contributed by atoms with van der Waals surface area (Å²) in [5.74, 6) is -0.427. The Labute approximate surface area is 123 Å². The van der Waals surface area contributed by atoms with Gasteiger partial charge in [0.1, 0.15) is 11.2 Å². The summed E-state index contributed by atoms with van der Waals surface area (Å²) >= 11 is 0. The van der Waals surface area contributed by atoms with Crippen molar-refractivity contribution >= 4 is 22.7 Å². The third-order valence-electron chi connectivity index (χ3n) is 4.43. The van der Waals surface area contributed by atoms with Crippen LogP contribution in [-0.2, 0) is 0 Å². The fourth-order valence-electron chi connectivity index (χ4n) is 3.19. The molecule has 0 saturated carbocycles. The van der Waals surface area contributed by atoms with Crippen LogP contribution in [0.3, 0.4) is 0 Å². The molecule has 1 aliphatic rings. The van der Waals surface area contributed by atoms with Crippen molar-refractivity contribution in [2.45, 2.75) is 19.4 Å². The van der Waals surface area contributed by atoms with Gasteiger partial charge in [0.25, 0.3) is 0 Å². The highest BCUT2D eigenvalue weighted by molar-refractivity contribution is 6.04. The predicted molar refractivity (Wildman–Crippen MR) is 81.9 cm³/mol. The number of carbonyl (C=O) groups is 1. The Morgan fingerprint density at radius 2 is 2.33 bits per heavy atom. The van der Waals surface area contributed by atoms with Crippen LogP contribution in [0.2, 0.25) is 0 Å². The number of carboxylic acid groups (broad SMARTS) is 1. The van der Waals surface area contributed by atoms with E-state index in [0.29, 0.717) is 5.92 Å². The summed E-state index contributed by atoms with van der Waals surface area (Å²) < 4.78 is 0. The third-order valence-corrected chi connectivity index (χ3v) is 4.43. The molecule has 3 N–H and O–H groups in total. The fraction of sp³-hybridized carbons (Fsp3) is 0.467. The maximum atomic E-state index is 11.6. The predicted octanol–water partition coefficient (Wildman–Crippen LogP) is 1.70. The molecule has 21 heavy (non-hydrogen) atoms. The van der Waals surface area contributed by atoms with Crippen molar-refractivity contribution in [3.8, 4) is 0 Å². The van der Waals surface area contributed by atoms with E-state index in [9.17, 15) is 9.90 Å². The number of hydrogen-bond acceptors (Lipinski definition) is 4. The number of H-pyrrole nitrogens is 1. The maximum absolute atomic E-state index is 11.6. The third kappa shape index (κ3) is 2.35. The second-order valence-electron chi connectivity index (χ2n) is 5.71. The smallest absolute Gasteiger partial charge is 0.339 e. The molecule has 2 aromatic rings. The Morgan fingerprint density at radius 3 is 3.05 bits per heavy atom. The molecule has 0 aromatic carbocycles. The summed E-state index contributed by atoms with van der Waals surface area (Å²) in [6, 6.07) is 2.17. The number of anilines is 1. The quantitative estimate of drug-likeness (QED) is 0.801. The lowest BCUT2D eigenvalue weighted by Gasteiger charge is -2.38. The van der Waals surface area contributed by atoms with Gasteiger partial charge < -0.3 is 20.3 Å². The molecular formula is C15H20N4O2. The number of nitrogens with zero attached hydrogens (tertiary/aromatic N) is 2. The summed E-state index contributed by atoms with van der Waals surface area (Å²) in [5.41, 5.74) is 1.72. The van der Waals surface area contributed by atoms with Crippen LogP contribution in [0.1, 0.15) is 23.7 Å². The molecule has 0 bridgehead atoms. The van der Waals surface area contributed by atoms with Crippen LogP contribution in [-0.4, -0.2) is 47.2 Å². The molecule has 0 radical (unpaired) electrons. The van der Waals surface area contributed by atoms with Crippen LogP contribution >= 0.6 is 0 Å². The van der Waals surface area contributed by atoms with Crippen LogP contribution in [0.4, 0.5) is 5.69 Å². The van der Waals surface area contributed by atoms with Gasteiger partial charge in [0, 0.05) is 37.4 Å². The first-order chi connectivity index (χ1) is 10.1. The molecule has 0 aliphatic carbocycles. The van der Waals surface area contributed by atoms with Gasteiger partial charge in [0.15, 0.2) is 0 Å². The zero-order valence-electron chi connectivity index (χ0n) is 12.3. The minimum Gasteiger partial charge on any atom is -0.478 e. The van der Waals surface area contributed by atoms with Crippen molar-refractivity contribution in [2.75, 3.05) is 25.0 Å². The first kappa shape index (κ1) is 13.9. The number of likely N-dealkylation sites (N-methyl/N-ethyl adjacent to an activating group) is 1. The van der Waals surface area contributed by atoms with E-state index in [1.54, 1.807) is 6.20 Å². The number of piperidine rings is 1. The largest absolute Gasteiger partial charge is 0.478 e. The van der Waals surface area contributed by atoms with Crippen LogP contribution in [0.5, 0.6) is 0 Å². The molecule has 3 heterocycles. The fourth-order valence-corrected chi connectivity index (χ4v) is 3.19. The van der Waals surface area contributed by atoms with Crippen LogP contribution in [0.15, 0.2) is 18.5 Å². The Hall–Kier alpha value is -2.08. The summed E-state index contributed by atoms with van der Waals surface area (Å²) in [4.78, 5) is 20.9. The van der Waals surface area contributed by atoms with Crippen molar-refractivity contribution in [2.24, 2.45) is 5.92 Å². The number of aromatic nitrogens is 2. The van der Waals surface area contributed by atoms with Gasteiger partial charge in [-0.2, -0.15) is 0 Å². The van der Waals surface area contributed by atoms with Gasteiger partial charge in [0.05, 0.1) is 5.69 Å². The molecule has 3 rings (SSSR count). The number of rotatable bonds is 3. The SMILES string of the molecule is C[C@@H]1CCNC[C@@H]1N(C)c1c(C(=O)O)cnc2[nH]ccc12. The monoisotopic (exact) mass is 288 g/mol. The van der Waals surface area contributed by atoms with E-state index in [1.165, 1.54) is 6.20 Å². The molecular weight excluding hydrogens is 268 g/mol. The first-order valence-electron chi connectivity index (χ1n) is 7.22. The molecule has 6 heteroatoms. The highest BCUT2D eigenvalue weighted by atomic mass is 16.4. The van der Waals surface area contributed by atoms with Gasteiger partial charge in [-0.1, -0.05) is 6.92 Å². The van der Waals surface area contributed by atoms with Crippen molar-refractivity contribution in [1.29, 1.82) is 0 Å². The van der Waals surface area contributed by atoms with Gasteiger partial charge in [-0.3, -0.25) is 0 Å². The van der Waals surface area contributed by atoms with Gasteiger partial charge >= 0.3 is 5.97 Å². The van der Waals surface area contributed by atoms with Crippen molar-refractivity contribution < 1.29 is 9.90 Å². The van der Waals surface area contributed by atoms with E-state index in [0.717, 1.165) is 36.2 Å². The maximum Gasteiger partial charge on any atom is 0.339 e. The normalized spacial score (nSPS) is 22.4. The minimum atomic E-state index is -0.941. The zero-order valence-corrected chi connectivity index (χ0v) is 12.3. The van der Waals surface area contributed by atoms with Gasteiger partial charge in [0.2, 0.25) is 0 Å². The molecule has 0 spiro atoms. The van der Waals surface area contributed by atoms with Crippen molar-refractivity contribution in [3.05, 3.63) is 24.0 Å². The number of pyridine rings is 1. The van der Waals surface area contributed by atoms with E-state index in [-0.39, 0.29) is 11.6 Å². The second kappa shape index (κ2) is 5.37. The molecule has 1 aliphatic heterocycles. The lowest BCUT2D eigenvalue weighted by molar-refractivity contribution is 0.0697.